The number of para-hydroxylation sites is 1. The van der Waals surface area contributed by atoms with Crippen molar-refractivity contribution in [3.63, 3.8) is 0 Å². The Bertz CT molecular complexity index is 916. The number of rotatable bonds is 3. The van der Waals surface area contributed by atoms with Gasteiger partial charge in [0.25, 0.3) is 0 Å². The molecule has 1 saturated carbocycles. The molecule has 0 atom stereocenters. The second kappa shape index (κ2) is 6.21. The van der Waals surface area contributed by atoms with E-state index in [-0.39, 0.29) is 6.61 Å². The second-order valence-electron chi connectivity index (χ2n) is 6.60. The van der Waals surface area contributed by atoms with Gasteiger partial charge in [-0.2, -0.15) is 5.26 Å². The van der Waals surface area contributed by atoms with E-state index in [0.29, 0.717) is 24.2 Å². The molecule has 0 saturated heterocycles. The topological polar surface area (TPSA) is 74.7 Å². The average Bonchev–Trinajstić information content (AvgIpc) is 3.02. The Balaban J connectivity index is 1.82. The largest absolute Gasteiger partial charge is 0.388 e. The maximum absolute atomic E-state index is 9.81. The number of hydrogen-bond acceptors (Lipinski definition) is 4. The van der Waals surface area contributed by atoms with Crippen LogP contribution in [0.15, 0.2) is 30.5 Å². The zero-order valence-electron chi connectivity index (χ0n) is 13.5. The molecule has 2 heterocycles. The summed E-state index contributed by atoms with van der Waals surface area (Å²) in [6, 6.07) is 10.7. The van der Waals surface area contributed by atoms with Crippen molar-refractivity contribution in [1.29, 1.82) is 5.26 Å². The summed E-state index contributed by atoms with van der Waals surface area (Å²) in [6.07, 6.45) is 6.63. The van der Waals surface area contributed by atoms with E-state index in [1.54, 1.807) is 6.20 Å². The van der Waals surface area contributed by atoms with E-state index in [1.807, 2.05) is 18.2 Å². The number of aliphatic hydroxyl groups excluding tert-OH is 1. The van der Waals surface area contributed by atoms with Crippen LogP contribution in [0.1, 0.15) is 44.0 Å². The van der Waals surface area contributed by atoms with Crippen molar-refractivity contribution in [2.75, 3.05) is 0 Å². The summed E-state index contributed by atoms with van der Waals surface area (Å²) < 4.78 is 2.22. The summed E-state index contributed by atoms with van der Waals surface area (Å²) in [5.41, 5.74) is 2.87. The van der Waals surface area contributed by atoms with E-state index in [9.17, 15) is 5.11 Å². The van der Waals surface area contributed by atoms with Gasteiger partial charge in [0.2, 0.25) is 0 Å². The summed E-state index contributed by atoms with van der Waals surface area (Å²) in [5, 5.41) is 19.8. The molecule has 0 bridgehead atoms. The molecule has 0 aliphatic heterocycles. The van der Waals surface area contributed by atoms with Gasteiger partial charge in [0.1, 0.15) is 17.9 Å². The van der Waals surface area contributed by atoms with Crippen LogP contribution in [0, 0.1) is 17.2 Å². The summed E-state index contributed by atoms with van der Waals surface area (Å²) in [7, 11) is 0. The van der Waals surface area contributed by atoms with Crippen LogP contribution in [0.4, 0.5) is 0 Å². The molecule has 5 nitrogen and oxygen atoms in total. The summed E-state index contributed by atoms with van der Waals surface area (Å²) in [4.78, 5) is 9.10. The molecule has 1 aliphatic carbocycles. The van der Waals surface area contributed by atoms with Gasteiger partial charge in [-0.3, -0.25) is 4.98 Å². The fourth-order valence-corrected chi connectivity index (χ4v) is 4.01. The minimum atomic E-state index is -0.0683. The standard InChI is InChI=1S/C19H20N4O/c20-10-9-13-5-7-14(8-6-13)23-18(12-24)22-17-11-21-16-4-2-1-3-15(16)19(17)23/h1-4,11,13-14,24H,5-9,12H2/t13-,14-. The zero-order valence-corrected chi connectivity index (χ0v) is 13.5. The smallest absolute Gasteiger partial charge is 0.136 e. The van der Waals surface area contributed by atoms with Gasteiger partial charge in [-0.05, 0) is 37.7 Å². The maximum atomic E-state index is 9.81. The van der Waals surface area contributed by atoms with E-state index in [0.717, 1.165) is 47.6 Å². The van der Waals surface area contributed by atoms with Gasteiger partial charge in [-0.25, -0.2) is 4.98 Å². The molecule has 1 aliphatic rings. The fourth-order valence-electron chi connectivity index (χ4n) is 4.01. The highest BCUT2D eigenvalue weighted by molar-refractivity contribution is 6.02. The summed E-state index contributed by atoms with van der Waals surface area (Å²) in [5.74, 6) is 1.23. The number of benzene rings is 1. The highest BCUT2D eigenvalue weighted by atomic mass is 16.3. The Labute approximate surface area is 140 Å². The lowest BCUT2D eigenvalue weighted by Gasteiger charge is -2.29. The molecule has 0 spiro atoms. The Hall–Kier alpha value is -2.45. The normalized spacial score (nSPS) is 21.2. The van der Waals surface area contributed by atoms with Gasteiger partial charge in [-0.15, -0.1) is 0 Å². The molecule has 24 heavy (non-hydrogen) atoms. The SMILES string of the molecule is N#CC[C@H]1CC[C@H](n2c(CO)nc3cnc4ccccc4c32)CC1. The lowest BCUT2D eigenvalue weighted by atomic mass is 9.84. The lowest BCUT2D eigenvalue weighted by Crippen LogP contribution is -2.20. The van der Waals surface area contributed by atoms with Crippen LogP contribution in [0.25, 0.3) is 21.9 Å². The first kappa shape index (κ1) is 15.1. The van der Waals surface area contributed by atoms with Crippen LogP contribution in [0.5, 0.6) is 0 Å². The van der Waals surface area contributed by atoms with Crippen molar-refractivity contribution in [1.82, 2.24) is 14.5 Å². The number of nitrogens with zero attached hydrogens (tertiary/aromatic N) is 4. The van der Waals surface area contributed by atoms with E-state index in [2.05, 4.69) is 26.7 Å². The first-order valence-electron chi connectivity index (χ1n) is 8.54. The van der Waals surface area contributed by atoms with E-state index < -0.39 is 0 Å². The fraction of sp³-hybridized carbons (Fsp3) is 0.421. The average molecular weight is 320 g/mol. The number of aliphatic hydroxyl groups is 1. The molecule has 3 aromatic rings. The molecule has 122 valence electrons. The van der Waals surface area contributed by atoms with Crippen LogP contribution >= 0.6 is 0 Å². The first-order valence-corrected chi connectivity index (χ1v) is 8.54. The van der Waals surface area contributed by atoms with Crippen LogP contribution in [-0.4, -0.2) is 19.6 Å². The van der Waals surface area contributed by atoms with Crippen molar-refractivity contribution in [3.8, 4) is 6.07 Å². The number of aromatic nitrogens is 3. The summed E-state index contributed by atoms with van der Waals surface area (Å²) in [6.45, 7) is -0.0683. The van der Waals surface area contributed by atoms with Crippen molar-refractivity contribution in [2.24, 2.45) is 5.92 Å². The number of hydrogen-bond donors (Lipinski definition) is 1. The molecular formula is C19H20N4O. The van der Waals surface area contributed by atoms with E-state index in [4.69, 9.17) is 5.26 Å². The monoisotopic (exact) mass is 320 g/mol. The summed E-state index contributed by atoms with van der Waals surface area (Å²) >= 11 is 0. The minimum absolute atomic E-state index is 0.0683. The molecule has 5 heteroatoms. The molecule has 0 amide bonds. The van der Waals surface area contributed by atoms with Crippen LogP contribution in [0.3, 0.4) is 0 Å². The third-order valence-electron chi connectivity index (χ3n) is 5.20. The lowest BCUT2D eigenvalue weighted by molar-refractivity contribution is 0.239. The number of nitriles is 1. The Morgan fingerprint density at radius 3 is 2.71 bits per heavy atom. The molecule has 0 radical (unpaired) electrons. The third kappa shape index (κ3) is 2.44. The van der Waals surface area contributed by atoms with Crippen LogP contribution in [0.2, 0.25) is 0 Å². The zero-order chi connectivity index (χ0) is 16.5. The van der Waals surface area contributed by atoms with Gasteiger partial charge in [0.15, 0.2) is 0 Å². The van der Waals surface area contributed by atoms with Gasteiger partial charge in [0, 0.05) is 17.8 Å². The van der Waals surface area contributed by atoms with Gasteiger partial charge in [0.05, 0.1) is 23.3 Å². The van der Waals surface area contributed by atoms with E-state index in [1.165, 1.54) is 0 Å². The van der Waals surface area contributed by atoms with Gasteiger partial charge in [-0.1, -0.05) is 18.2 Å². The Morgan fingerprint density at radius 2 is 1.96 bits per heavy atom. The molecule has 2 aromatic heterocycles. The van der Waals surface area contributed by atoms with Gasteiger partial charge >= 0.3 is 0 Å². The van der Waals surface area contributed by atoms with Crippen LogP contribution in [-0.2, 0) is 6.61 Å². The third-order valence-corrected chi connectivity index (χ3v) is 5.20. The molecule has 1 aromatic carbocycles. The van der Waals surface area contributed by atoms with Crippen LogP contribution < -0.4 is 0 Å². The van der Waals surface area contributed by atoms with Crippen molar-refractivity contribution >= 4 is 21.9 Å². The van der Waals surface area contributed by atoms with Crippen molar-refractivity contribution in [3.05, 3.63) is 36.3 Å². The Kier molecular flexibility index (Phi) is 3.91. The number of imidazole rings is 1. The quantitative estimate of drug-likeness (QED) is 0.798. The highest BCUT2D eigenvalue weighted by Gasteiger charge is 2.26. The predicted molar refractivity (Wildman–Crippen MR) is 92.2 cm³/mol. The predicted octanol–water partition coefficient (Wildman–Crippen LogP) is 3.72. The molecule has 1 N–H and O–H groups in total. The maximum Gasteiger partial charge on any atom is 0.136 e. The number of pyridine rings is 1. The molecular weight excluding hydrogens is 300 g/mol. The first-order chi connectivity index (χ1) is 11.8. The van der Waals surface area contributed by atoms with Gasteiger partial charge < -0.3 is 9.67 Å². The number of fused-ring (bicyclic) bond motifs is 3. The highest BCUT2D eigenvalue weighted by Crippen LogP contribution is 2.37. The van der Waals surface area contributed by atoms with Crippen molar-refractivity contribution in [2.45, 2.75) is 44.8 Å². The second-order valence-corrected chi connectivity index (χ2v) is 6.60. The minimum Gasteiger partial charge on any atom is -0.388 e. The molecule has 0 unspecified atom stereocenters. The Morgan fingerprint density at radius 1 is 1.17 bits per heavy atom. The van der Waals surface area contributed by atoms with Crippen molar-refractivity contribution < 1.29 is 5.11 Å². The van der Waals surface area contributed by atoms with E-state index >= 15 is 0 Å². The molecule has 1 fully saturated rings. The molecule has 4 rings (SSSR count).